The third-order valence-corrected chi connectivity index (χ3v) is 2.44. The van der Waals surface area contributed by atoms with Crippen LogP contribution < -0.4 is 5.32 Å². The minimum Gasteiger partial charge on any atom is -0.464 e. The number of alkyl carbamates (subject to hydrolysis) is 1. The first kappa shape index (κ1) is 16.7. The number of carbonyl (C=O) groups is 2. The van der Waals surface area contributed by atoms with E-state index in [2.05, 4.69) is 5.32 Å². The molecule has 0 rings (SSSR count). The molecule has 0 aliphatic heterocycles. The number of carbonyl (C=O) groups excluding carboxylic acids is 2. The fourth-order valence-corrected chi connectivity index (χ4v) is 1.39. The predicted octanol–water partition coefficient (Wildman–Crippen LogP) is 2.63. The highest BCUT2D eigenvalue weighted by molar-refractivity contribution is 5.81. The van der Waals surface area contributed by atoms with Gasteiger partial charge >= 0.3 is 12.1 Å². The van der Waals surface area contributed by atoms with Gasteiger partial charge in [0.1, 0.15) is 6.04 Å². The van der Waals surface area contributed by atoms with Gasteiger partial charge in [0.2, 0.25) is 0 Å². The third kappa shape index (κ3) is 7.92. The zero-order valence-corrected chi connectivity index (χ0v) is 11.7. The first-order valence-corrected chi connectivity index (χ1v) is 6.75. The maximum absolute atomic E-state index is 11.8. The molecule has 0 aromatic rings. The highest BCUT2D eigenvalue weighted by Gasteiger charge is 2.21. The van der Waals surface area contributed by atoms with Crippen molar-refractivity contribution in [2.45, 2.75) is 58.9 Å². The Morgan fingerprint density at radius 3 is 2.28 bits per heavy atom. The molecular weight excluding hydrogens is 234 g/mol. The normalized spacial score (nSPS) is 11.7. The van der Waals surface area contributed by atoms with Gasteiger partial charge in [0.25, 0.3) is 0 Å². The smallest absolute Gasteiger partial charge is 0.407 e. The third-order valence-electron chi connectivity index (χ3n) is 2.44. The largest absolute Gasteiger partial charge is 0.464 e. The molecule has 1 unspecified atom stereocenters. The van der Waals surface area contributed by atoms with E-state index in [0.717, 1.165) is 25.7 Å². The Bertz CT molecular complexity index is 243. The fourth-order valence-electron chi connectivity index (χ4n) is 1.39. The highest BCUT2D eigenvalue weighted by Crippen LogP contribution is 2.04. The summed E-state index contributed by atoms with van der Waals surface area (Å²) < 4.78 is 9.88. The van der Waals surface area contributed by atoms with Crippen molar-refractivity contribution in [3.63, 3.8) is 0 Å². The number of nitrogens with one attached hydrogen (secondary N) is 1. The molecule has 0 aromatic heterocycles. The second-order valence-electron chi connectivity index (χ2n) is 4.08. The Morgan fingerprint density at radius 2 is 1.72 bits per heavy atom. The van der Waals surface area contributed by atoms with Crippen LogP contribution in [0.2, 0.25) is 0 Å². The van der Waals surface area contributed by atoms with E-state index in [4.69, 9.17) is 9.47 Å². The molecule has 0 aliphatic carbocycles. The van der Waals surface area contributed by atoms with Gasteiger partial charge in [-0.3, -0.25) is 0 Å². The lowest BCUT2D eigenvalue weighted by atomic mass is 10.1. The van der Waals surface area contributed by atoms with Gasteiger partial charge in [-0.05, 0) is 19.8 Å². The molecule has 0 fully saturated rings. The number of hydrogen-bond donors (Lipinski definition) is 1. The van der Waals surface area contributed by atoms with E-state index < -0.39 is 12.1 Å². The van der Waals surface area contributed by atoms with Crippen LogP contribution in [0.25, 0.3) is 0 Å². The highest BCUT2D eigenvalue weighted by atomic mass is 16.6. The molecule has 1 atom stereocenters. The molecule has 18 heavy (non-hydrogen) atoms. The summed E-state index contributed by atoms with van der Waals surface area (Å²) >= 11 is 0. The van der Waals surface area contributed by atoms with Gasteiger partial charge in [0.05, 0.1) is 13.2 Å². The fraction of sp³-hybridized carbons (Fsp3) is 0.846. The maximum Gasteiger partial charge on any atom is 0.407 e. The topological polar surface area (TPSA) is 64.6 Å². The first-order chi connectivity index (χ1) is 8.65. The second-order valence-corrected chi connectivity index (χ2v) is 4.08. The molecule has 1 amide bonds. The van der Waals surface area contributed by atoms with Crippen molar-refractivity contribution >= 4 is 12.1 Å². The first-order valence-electron chi connectivity index (χ1n) is 6.75. The van der Waals surface area contributed by atoms with Gasteiger partial charge < -0.3 is 14.8 Å². The molecule has 1 N–H and O–H groups in total. The lowest BCUT2D eigenvalue weighted by Crippen LogP contribution is -2.42. The van der Waals surface area contributed by atoms with Crippen molar-refractivity contribution in [1.29, 1.82) is 0 Å². The molecule has 0 bridgehead atoms. The molecule has 106 valence electrons. The van der Waals surface area contributed by atoms with E-state index in [-0.39, 0.29) is 12.6 Å². The Morgan fingerprint density at radius 1 is 1.06 bits per heavy atom. The molecule has 0 radical (unpaired) electrons. The van der Waals surface area contributed by atoms with Crippen molar-refractivity contribution in [3.8, 4) is 0 Å². The van der Waals surface area contributed by atoms with Crippen LogP contribution in [0.5, 0.6) is 0 Å². The minimum absolute atomic E-state index is 0.289. The van der Waals surface area contributed by atoms with Gasteiger partial charge in [-0.2, -0.15) is 0 Å². The Labute approximate surface area is 109 Å². The van der Waals surface area contributed by atoms with Gasteiger partial charge in [-0.25, -0.2) is 9.59 Å². The lowest BCUT2D eigenvalue weighted by Gasteiger charge is -2.17. The van der Waals surface area contributed by atoms with Crippen molar-refractivity contribution < 1.29 is 19.1 Å². The average Bonchev–Trinajstić information content (AvgIpc) is 2.34. The van der Waals surface area contributed by atoms with Crippen LogP contribution in [0.4, 0.5) is 4.79 Å². The number of rotatable bonds is 9. The predicted molar refractivity (Wildman–Crippen MR) is 69.3 cm³/mol. The summed E-state index contributed by atoms with van der Waals surface area (Å²) in [6, 6.07) is -0.596. The van der Waals surface area contributed by atoms with E-state index in [1.54, 1.807) is 6.92 Å². The molecule has 5 nitrogen and oxygen atoms in total. The maximum atomic E-state index is 11.8. The molecule has 0 saturated heterocycles. The minimum atomic E-state index is -0.596. The molecule has 5 heteroatoms. The summed E-state index contributed by atoms with van der Waals surface area (Å²) in [7, 11) is 0. The van der Waals surface area contributed by atoms with Crippen LogP contribution >= 0.6 is 0 Å². The van der Waals surface area contributed by atoms with Crippen LogP contribution in [0.15, 0.2) is 0 Å². The molecule has 0 aromatic carbocycles. The van der Waals surface area contributed by atoms with E-state index in [1.807, 2.05) is 13.8 Å². The molecule has 0 aliphatic rings. The molecule has 0 heterocycles. The summed E-state index contributed by atoms with van der Waals surface area (Å²) in [4.78, 5) is 23.1. The van der Waals surface area contributed by atoms with Crippen LogP contribution in [0, 0.1) is 0 Å². The van der Waals surface area contributed by atoms with Crippen molar-refractivity contribution in [3.05, 3.63) is 0 Å². The monoisotopic (exact) mass is 259 g/mol. The van der Waals surface area contributed by atoms with Gasteiger partial charge in [-0.1, -0.05) is 33.1 Å². The number of amides is 1. The van der Waals surface area contributed by atoms with Crippen LogP contribution in [-0.2, 0) is 14.3 Å². The number of hydrogen-bond acceptors (Lipinski definition) is 4. The molecular formula is C13H25NO4. The van der Waals surface area contributed by atoms with Crippen LogP contribution in [0.1, 0.15) is 52.9 Å². The number of unbranched alkanes of at least 4 members (excludes halogenated alkanes) is 2. The van der Waals surface area contributed by atoms with Crippen LogP contribution in [-0.4, -0.2) is 31.3 Å². The average molecular weight is 259 g/mol. The van der Waals surface area contributed by atoms with Crippen molar-refractivity contribution in [1.82, 2.24) is 5.32 Å². The number of ether oxygens (including phenoxy) is 2. The van der Waals surface area contributed by atoms with Gasteiger partial charge in [0.15, 0.2) is 0 Å². The summed E-state index contributed by atoms with van der Waals surface area (Å²) in [5.41, 5.74) is 0. The quantitative estimate of drug-likeness (QED) is 0.510. The van der Waals surface area contributed by atoms with E-state index in [0.29, 0.717) is 13.0 Å². The standard InChI is InChI=1S/C13H25NO4/c1-4-7-9-11(14-13(16)17-6-3)12(15)18-10-8-5-2/h11H,4-10H2,1-3H3,(H,14,16). The van der Waals surface area contributed by atoms with E-state index in [9.17, 15) is 9.59 Å². The van der Waals surface area contributed by atoms with E-state index in [1.165, 1.54) is 0 Å². The summed E-state index contributed by atoms with van der Waals surface area (Å²) in [5.74, 6) is -0.370. The Kier molecular flexibility index (Phi) is 10.1. The van der Waals surface area contributed by atoms with Crippen molar-refractivity contribution in [2.24, 2.45) is 0 Å². The molecule has 0 spiro atoms. The zero-order valence-electron chi connectivity index (χ0n) is 11.7. The van der Waals surface area contributed by atoms with Gasteiger partial charge in [-0.15, -0.1) is 0 Å². The SMILES string of the molecule is CCCCOC(=O)C(CCCC)NC(=O)OCC. The molecule has 0 saturated carbocycles. The van der Waals surface area contributed by atoms with Crippen LogP contribution in [0.3, 0.4) is 0 Å². The van der Waals surface area contributed by atoms with Crippen molar-refractivity contribution in [2.75, 3.05) is 13.2 Å². The number of esters is 1. The van der Waals surface area contributed by atoms with Gasteiger partial charge in [0, 0.05) is 0 Å². The Hall–Kier alpha value is -1.26. The summed E-state index contributed by atoms with van der Waals surface area (Å²) in [6.45, 7) is 6.48. The Balaban J connectivity index is 4.18. The second kappa shape index (κ2) is 10.9. The summed E-state index contributed by atoms with van der Waals surface area (Å²) in [5, 5.41) is 2.54. The zero-order chi connectivity index (χ0) is 13.8. The lowest BCUT2D eigenvalue weighted by molar-refractivity contribution is -0.146. The summed E-state index contributed by atoms with van der Waals surface area (Å²) in [6.07, 6.45) is 3.65. The van der Waals surface area contributed by atoms with E-state index >= 15 is 0 Å².